The van der Waals surface area contributed by atoms with Crippen LogP contribution in [0, 0.1) is 43.3 Å². The molecular formula is C55H67FN6O13. The van der Waals surface area contributed by atoms with Crippen molar-refractivity contribution in [3.63, 3.8) is 0 Å². The van der Waals surface area contributed by atoms with Gasteiger partial charge in [0.05, 0.1) is 77.3 Å². The maximum absolute atomic E-state index is 15.9. The van der Waals surface area contributed by atoms with Crippen LogP contribution in [-0.4, -0.2) is 128 Å². The number of hydrogen-bond donors (Lipinski definition) is 7. The summed E-state index contributed by atoms with van der Waals surface area (Å²) in [6.07, 6.45) is 8.41. The quantitative estimate of drug-likeness (QED) is 0.0256. The van der Waals surface area contributed by atoms with Crippen LogP contribution in [0.2, 0.25) is 0 Å². The molecule has 1 saturated heterocycles. The summed E-state index contributed by atoms with van der Waals surface area (Å²) in [5.74, 6) is -8.36. The number of ether oxygens (including phenoxy) is 4. The van der Waals surface area contributed by atoms with Crippen LogP contribution >= 0.6 is 0 Å². The molecule has 1 aliphatic carbocycles. The lowest BCUT2D eigenvalue weighted by Gasteiger charge is -2.38. The third-order valence-corrected chi connectivity index (χ3v) is 15.3. The highest BCUT2D eigenvalue weighted by Gasteiger charge is 2.49. The average Bonchev–Trinajstić information content (AvgIpc) is 4.20. The number of aliphatic hydroxyl groups is 2. The van der Waals surface area contributed by atoms with Crippen LogP contribution in [0.15, 0.2) is 69.5 Å². The number of nitrogens with zero attached hydrogens (tertiary/aromatic N) is 5. The lowest BCUT2D eigenvalue weighted by Crippen LogP contribution is -2.46. The van der Waals surface area contributed by atoms with Crippen molar-refractivity contribution in [2.45, 2.75) is 111 Å². The number of phenols is 3. The molecule has 9 rings (SSSR count). The number of carbonyl (C=O) groups excluding carboxylic acids is 2. The predicted molar refractivity (Wildman–Crippen MR) is 280 cm³/mol. The Morgan fingerprint density at radius 2 is 1.63 bits per heavy atom. The number of benzene rings is 3. The molecule has 1 saturated carbocycles. The first-order chi connectivity index (χ1) is 35.5. The Morgan fingerprint density at radius 3 is 2.27 bits per heavy atom. The molecule has 75 heavy (non-hydrogen) atoms. The first kappa shape index (κ1) is 54.1. The predicted octanol–water partition coefficient (Wildman–Crippen LogP) is 7.00. The van der Waals surface area contributed by atoms with Crippen molar-refractivity contribution >= 4 is 56.9 Å². The van der Waals surface area contributed by atoms with E-state index in [-0.39, 0.29) is 74.7 Å². The number of aryl methyl sites for hydroxylation is 1. The lowest BCUT2D eigenvalue weighted by atomic mass is 9.78. The SMILES string of the molecule is CO[C@H]1/C=C/O[C@@]2(C)Oc3c(C)c(O)c4c(O)c(c(/C=N\N5CCN(c6cc7c(cc6F)c(=O)c(C)cn7C6CC6)CC5)c(O)c4c3/C2=N\O)NC(=O)/C(C)=C\C=C\[C@H](C)[C@H](O)[C@@H](C)[C@@H](O)[C@@H](C)[C@H](OC(C)=O)[C@@H]1C. The van der Waals surface area contributed by atoms with Gasteiger partial charge in [-0.3, -0.25) is 19.4 Å². The highest BCUT2D eigenvalue weighted by molar-refractivity contribution is 6.25. The number of nitrogens with one attached hydrogen (secondary N) is 1. The fourth-order valence-corrected chi connectivity index (χ4v) is 10.6. The topological polar surface area (TPSA) is 258 Å². The first-order valence-electron chi connectivity index (χ1n) is 25.2. The van der Waals surface area contributed by atoms with Gasteiger partial charge in [-0.05, 0) is 51.8 Å². The van der Waals surface area contributed by atoms with Crippen LogP contribution in [0.1, 0.15) is 89.6 Å². The van der Waals surface area contributed by atoms with E-state index < -0.39 is 88.8 Å². The van der Waals surface area contributed by atoms with E-state index in [9.17, 15) is 45.1 Å². The number of hydrazone groups is 1. The Morgan fingerprint density at radius 1 is 0.933 bits per heavy atom. The number of amides is 1. The summed E-state index contributed by atoms with van der Waals surface area (Å²) in [6.45, 7) is 15.4. The Hall–Kier alpha value is -7.16. The van der Waals surface area contributed by atoms with Gasteiger partial charge >= 0.3 is 5.97 Å². The van der Waals surface area contributed by atoms with Crippen LogP contribution in [-0.2, 0) is 23.8 Å². The van der Waals surface area contributed by atoms with E-state index in [1.54, 1.807) is 57.8 Å². The minimum atomic E-state index is -1.97. The van der Waals surface area contributed by atoms with Gasteiger partial charge in [-0.15, -0.1) is 0 Å². The van der Waals surface area contributed by atoms with Gasteiger partial charge < -0.3 is 64.5 Å². The zero-order valence-electron chi connectivity index (χ0n) is 43.8. The number of anilines is 2. The van der Waals surface area contributed by atoms with Gasteiger partial charge in [0.1, 0.15) is 29.2 Å². The molecule has 9 atom stereocenters. The van der Waals surface area contributed by atoms with E-state index in [0.717, 1.165) is 12.8 Å². The fourth-order valence-electron chi connectivity index (χ4n) is 10.6. The van der Waals surface area contributed by atoms with Crippen molar-refractivity contribution in [3.8, 4) is 23.0 Å². The minimum absolute atomic E-state index is 0.0486. The van der Waals surface area contributed by atoms with Gasteiger partial charge in [0.15, 0.2) is 16.9 Å². The number of carbonyl (C=O) groups is 2. The molecule has 4 aromatic rings. The summed E-state index contributed by atoms with van der Waals surface area (Å²) in [5.41, 5.74) is 0.609. The number of aliphatic hydroxyl groups excluding tert-OH is 2. The van der Waals surface area contributed by atoms with E-state index in [2.05, 4.69) is 20.1 Å². The number of allylic oxidation sites excluding steroid dienone is 2. The number of halogens is 1. The Bertz CT molecular complexity index is 3140. The fraction of sp³-hybridized carbons (Fsp3) is 0.473. The number of aromatic nitrogens is 1. The molecule has 1 amide bonds. The van der Waals surface area contributed by atoms with E-state index >= 15 is 4.39 Å². The number of oxime groups is 1. The van der Waals surface area contributed by atoms with Gasteiger partial charge in [-0.1, -0.05) is 51.1 Å². The molecule has 5 aliphatic rings. The van der Waals surface area contributed by atoms with Crippen molar-refractivity contribution in [1.82, 2.24) is 9.58 Å². The van der Waals surface area contributed by atoms with E-state index in [1.165, 1.54) is 65.5 Å². The van der Waals surface area contributed by atoms with Gasteiger partial charge in [0.2, 0.25) is 0 Å². The zero-order valence-corrected chi connectivity index (χ0v) is 43.8. The molecule has 19 nitrogen and oxygen atoms in total. The number of pyridine rings is 1. The smallest absolute Gasteiger partial charge is 0.302 e. The maximum atomic E-state index is 15.9. The molecule has 5 bridgehead atoms. The second-order valence-corrected chi connectivity index (χ2v) is 20.5. The summed E-state index contributed by atoms with van der Waals surface area (Å²) in [4.78, 5) is 41.5. The highest BCUT2D eigenvalue weighted by atomic mass is 19.1. The Labute approximate surface area is 433 Å². The number of rotatable bonds is 6. The summed E-state index contributed by atoms with van der Waals surface area (Å²) in [5, 5.41) is 82.8. The van der Waals surface area contributed by atoms with Crippen molar-refractivity contribution in [1.29, 1.82) is 0 Å². The standard InChI is InChI=1S/C55H67FN6O13/c1-26-12-11-13-27(2)54(70)58-44-36(24-57-61-19-17-60(18-20-61)39-23-38-35(22-37(39)56)46(65)28(3)25-62(38)34-14-15-34)49(68)41-42(50(44)69)48(67)32(7)52-43(41)53(59-71)55(9,75-52)73-21-16-40(72-10)29(4)51(74-33(8)63)31(6)47(66)30(5)45(26)64/h11-13,16,21-26,29-31,34,40,45,47,51,64,66-69,71H,14-15,17-20H2,1-10H3,(H,58,70)/b12-11+,21-16+,27-13-,57-24-,59-53+/t26-,29+,30+,31+,40-,45-,47+,51+,55-/m0/s1. The van der Waals surface area contributed by atoms with E-state index in [4.69, 9.17) is 18.9 Å². The summed E-state index contributed by atoms with van der Waals surface area (Å²) in [6, 6.07) is 3.28. The molecule has 4 aliphatic heterocycles. The molecule has 1 aromatic heterocycles. The Kier molecular flexibility index (Phi) is 15.3. The number of aromatic hydroxyl groups is 3. The van der Waals surface area contributed by atoms with Crippen LogP contribution in [0.3, 0.4) is 0 Å². The number of phenolic OH excluding ortho intramolecular Hbond substituents is 3. The number of fused-ring (bicyclic) bond motifs is 15. The third kappa shape index (κ3) is 10.1. The minimum Gasteiger partial charge on any atom is -0.507 e. The largest absolute Gasteiger partial charge is 0.507 e. The maximum Gasteiger partial charge on any atom is 0.302 e. The van der Waals surface area contributed by atoms with Crippen molar-refractivity contribution in [2.24, 2.45) is 33.9 Å². The van der Waals surface area contributed by atoms with Crippen molar-refractivity contribution in [2.75, 3.05) is 43.5 Å². The normalized spacial score (nSPS) is 29.1. The molecular weight excluding hydrogens is 972 g/mol. The lowest BCUT2D eigenvalue weighted by molar-refractivity contribution is -0.160. The molecule has 402 valence electrons. The van der Waals surface area contributed by atoms with Gasteiger partial charge in [0, 0.05) is 97.4 Å². The van der Waals surface area contributed by atoms with Crippen LogP contribution in [0.4, 0.5) is 15.8 Å². The molecule has 0 spiro atoms. The molecule has 0 radical (unpaired) electrons. The summed E-state index contributed by atoms with van der Waals surface area (Å²) < 4.78 is 42.0. The monoisotopic (exact) mass is 1040 g/mol. The van der Waals surface area contributed by atoms with Gasteiger partial charge in [-0.2, -0.15) is 5.10 Å². The average molecular weight is 1040 g/mol. The van der Waals surface area contributed by atoms with Gasteiger partial charge in [-0.25, -0.2) is 4.39 Å². The number of methoxy groups -OCH3 is 1. The number of hydrogen-bond acceptors (Lipinski definition) is 17. The second kappa shape index (κ2) is 21.2. The number of piperazine rings is 1. The third-order valence-electron chi connectivity index (χ3n) is 15.3. The first-order valence-corrected chi connectivity index (χ1v) is 25.2. The van der Waals surface area contributed by atoms with Crippen LogP contribution in [0.25, 0.3) is 21.7 Å². The van der Waals surface area contributed by atoms with E-state index in [0.29, 0.717) is 35.2 Å². The molecule has 20 heteroatoms. The molecule has 5 heterocycles. The van der Waals surface area contributed by atoms with Crippen molar-refractivity contribution < 1.29 is 63.7 Å². The molecule has 0 unspecified atom stereocenters. The molecule has 3 aromatic carbocycles. The van der Waals surface area contributed by atoms with Crippen molar-refractivity contribution in [3.05, 3.63) is 92.8 Å². The zero-order chi connectivity index (χ0) is 54.5. The van der Waals surface area contributed by atoms with Gasteiger partial charge in [0.25, 0.3) is 11.7 Å². The highest BCUT2D eigenvalue weighted by Crippen LogP contribution is 2.55. The molecule has 7 N–H and O–H groups in total. The van der Waals surface area contributed by atoms with Crippen LogP contribution < -0.4 is 20.4 Å². The Balaban J connectivity index is 1.20. The summed E-state index contributed by atoms with van der Waals surface area (Å²) >= 11 is 0. The van der Waals surface area contributed by atoms with E-state index in [1.807, 2.05) is 11.1 Å². The second-order valence-electron chi connectivity index (χ2n) is 20.5. The van der Waals surface area contributed by atoms with Crippen LogP contribution in [0.5, 0.6) is 23.0 Å². The molecule has 2 fully saturated rings. The summed E-state index contributed by atoms with van der Waals surface area (Å²) in [7, 11) is 1.43. The number of esters is 1.